The molecule has 2 amide bonds. The van der Waals surface area contributed by atoms with E-state index in [0.717, 1.165) is 12.8 Å². The lowest BCUT2D eigenvalue weighted by Gasteiger charge is -2.36. The summed E-state index contributed by atoms with van der Waals surface area (Å²) in [6.07, 6.45) is 1.27. The maximum absolute atomic E-state index is 11.6. The maximum Gasteiger partial charge on any atom is 0.409 e. The van der Waals surface area contributed by atoms with Gasteiger partial charge in [0.15, 0.2) is 0 Å². The van der Waals surface area contributed by atoms with Gasteiger partial charge >= 0.3 is 6.09 Å². The van der Waals surface area contributed by atoms with E-state index < -0.39 is 0 Å². The third-order valence-corrected chi connectivity index (χ3v) is 3.19. The second-order valence-corrected chi connectivity index (χ2v) is 4.35. The highest BCUT2D eigenvalue weighted by molar-refractivity contribution is 5.77. The minimum atomic E-state index is -0.292. The summed E-state index contributed by atoms with van der Waals surface area (Å²) in [6.45, 7) is 3.62. The van der Waals surface area contributed by atoms with Crippen LogP contribution in [0.1, 0.15) is 19.8 Å². The lowest BCUT2D eigenvalue weighted by molar-refractivity contribution is -0.136. The van der Waals surface area contributed by atoms with Gasteiger partial charge in [0.1, 0.15) is 6.61 Å². The van der Waals surface area contributed by atoms with Crippen molar-refractivity contribution in [1.29, 1.82) is 0 Å². The van der Waals surface area contributed by atoms with Gasteiger partial charge in [-0.1, -0.05) is 0 Å². The molecular weight excluding hydrogens is 236 g/mol. The molecule has 1 rings (SSSR count). The minimum absolute atomic E-state index is 0.00902. The Morgan fingerprint density at radius 1 is 1.33 bits per heavy atom. The van der Waals surface area contributed by atoms with E-state index in [4.69, 9.17) is 9.47 Å². The summed E-state index contributed by atoms with van der Waals surface area (Å²) in [5.41, 5.74) is 0. The zero-order valence-electron chi connectivity index (χ0n) is 11.3. The molecule has 104 valence electrons. The number of hydrogen-bond donors (Lipinski definition) is 0. The van der Waals surface area contributed by atoms with Crippen LogP contribution in [-0.2, 0) is 14.3 Å². The Kier molecular flexibility index (Phi) is 5.91. The molecule has 18 heavy (non-hydrogen) atoms. The van der Waals surface area contributed by atoms with Crippen molar-refractivity contribution in [3.05, 3.63) is 0 Å². The second kappa shape index (κ2) is 7.20. The summed E-state index contributed by atoms with van der Waals surface area (Å²) in [6, 6.07) is 0.149. The van der Waals surface area contributed by atoms with Crippen molar-refractivity contribution in [1.82, 2.24) is 9.80 Å². The fourth-order valence-corrected chi connectivity index (χ4v) is 2.09. The van der Waals surface area contributed by atoms with E-state index in [1.807, 2.05) is 0 Å². The summed E-state index contributed by atoms with van der Waals surface area (Å²) < 4.78 is 9.78. The van der Waals surface area contributed by atoms with Crippen LogP contribution in [0.2, 0.25) is 0 Å². The van der Waals surface area contributed by atoms with E-state index in [9.17, 15) is 9.59 Å². The molecule has 1 aliphatic rings. The fourth-order valence-electron chi connectivity index (χ4n) is 2.09. The number of rotatable bonds is 4. The number of methoxy groups -OCH3 is 1. The van der Waals surface area contributed by atoms with E-state index in [2.05, 4.69) is 0 Å². The van der Waals surface area contributed by atoms with Crippen molar-refractivity contribution in [2.24, 2.45) is 0 Å². The Labute approximate surface area is 108 Å². The molecule has 0 aromatic heterocycles. The van der Waals surface area contributed by atoms with Crippen LogP contribution >= 0.6 is 0 Å². The van der Waals surface area contributed by atoms with Crippen LogP contribution in [0.15, 0.2) is 0 Å². The smallest absolute Gasteiger partial charge is 0.409 e. The first-order valence-electron chi connectivity index (χ1n) is 6.26. The van der Waals surface area contributed by atoms with Gasteiger partial charge < -0.3 is 19.3 Å². The van der Waals surface area contributed by atoms with Crippen LogP contribution in [0, 0.1) is 0 Å². The standard InChI is InChI=1S/C12H22N2O4/c1-4-18-12(16)13(2)10-5-7-14(8-6-10)11(15)9-17-3/h10H,4-9H2,1-3H3. The van der Waals surface area contributed by atoms with Gasteiger partial charge in [0.25, 0.3) is 0 Å². The quantitative estimate of drug-likeness (QED) is 0.745. The molecule has 0 aromatic rings. The third kappa shape index (κ3) is 3.87. The van der Waals surface area contributed by atoms with Crippen LogP contribution in [0.3, 0.4) is 0 Å². The Bertz CT molecular complexity index is 288. The molecule has 1 fully saturated rings. The topological polar surface area (TPSA) is 59.1 Å². The number of ether oxygens (including phenoxy) is 2. The largest absolute Gasteiger partial charge is 0.450 e. The molecule has 0 spiro atoms. The normalized spacial score (nSPS) is 16.5. The van der Waals surface area contributed by atoms with Gasteiger partial charge in [0, 0.05) is 33.3 Å². The third-order valence-electron chi connectivity index (χ3n) is 3.19. The van der Waals surface area contributed by atoms with Crippen LogP contribution in [0.4, 0.5) is 4.79 Å². The summed E-state index contributed by atoms with van der Waals surface area (Å²) in [5, 5.41) is 0. The molecule has 0 unspecified atom stereocenters. The van der Waals surface area contributed by atoms with Crippen LogP contribution < -0.4 is 0 Å². The average molecular weight is 258 g/mol. The van der Waals surface area contributed by atoms with Gasteiger partial charge in [-0.15, -0.1) is 0 Å². The number of likely N-dealkylation sites (tertiary alicyclic amines) is 1. The molecule has 6 heteroatoms. The first kappa shape index (κ1) is 14.8. The predicted molar refractivity (Wildman–Crippen MR) is 66.3 cm³/mol. The summed E-state index contributed by atoms with van der Waals surface area (Å²) in [7, 11) is 3.26. The molecule has 0 bridgehead atoms. The number of nitrogens with zero attached hydrogens (tertiary/aromatic N) is 2. The molecule has 1 heterocycles. The van der Waals surface area contributed by atoms with E-state index >= 15 is 0 Å². The molecule has 1 aliphatic heterocycles. The van der Waals surface area contributed by atoms with Gasteiger partial charge in [-0.05, 0) is 19.8 Å². The van der Waals surface area contributed by atoms with Gasteiger partial charge in [-0.2, -0.15) is 0 Å². The number of carbonyl (C=O) groups is 2. The molecule has 0 aromatic carbocycles. The van der Waals surface area contributed by atoms with Crippen LogP contribution in [0.25, 0.3) is 0 Å². The Morgan fingerprint density at radius 2 is 1.94 bits per heavy atom. The Morgan fingerprint density at radius 3 is 2.44 bits per heavy atom. The fraction of sp³-hybridized carbons (Fsp3) is 0.833. The molecule has 0 aliphatic carbocycles. The molecule has 6 nitrogen and oxygen atoms in total. The van der Waals surface area contributed by atoms with E-state index in [1.165, 1.54) is 7.11 Å². The molecule has 1 saturated heterocycles. The molecule has 0 N–H and O–H groups in total. The first-order valence-corrected chi connectivity index (χ1v) is 6.26. The van der Waals surface area contributed by atoms with Crippen molar-refractivity contribution in [2.45, 2.75) is 25.8 Å². The van der Waals surface area contributed by atoms with Gasteiger partial charge in [-0.3, -0.25) is 4.79 Å². The highest BCUT2D eigenvalue weighted by Crippen LogP contribution is 2.16. The Hall–Kier alpha value is -1.30. The van der Waals surface area contributed by atoms with E-state index in [-0.39, 0.29) is 24.6 Å². The highest BCUT2D eigenvalue weighted by atomic mass is 16.6. The SMILES string of the molecule is CCOC(=O)N(C)C1CCN(C(=O)COC)CC1. The molecule has 0 radical (unpaired) electrons. The molecule has 0 saturated carbocycles. The van der Waals surface area contributed by atoms with Crippen molar-refractivity contribution < 1.29 is 19.1 Å². The first-order chi connectivity index (χ1) is 8.60. The maximum atomic E-state index is 11.6. The monoisotopic (exact) mass is 258 g/mol. The van der Waals surface area contributed by atoms with Crippen molar-refractivity contribution in [3.8, 4) is 0 Å². The van der Waals surface area contributed by atoms with Crippen molar-refractivity contribution >= 4 is 12.0 Å². The summed E-state index contributed by atoms with van der Waals surface area (Å²) in [5.74, 6) is 0.00902. The van der Waals surface area contributed by atoms with E-state index in [1.54, 1.807) is 23.8 Å². The zero-order chi connectivity index (χ0) is 13.5. The van der Waals surface area contributed by atoms with Gasteiger partial charge in [0.05, 0.1) is 6.61 Å². The Balaban J connectivity index is 2.39. The van der Waals surface area contributed by atoms with Gasteiger partial charge in [0.2, 0.25) is 5.91 Å². The number of amides is 2. The van der Waals surface area contributed by atoms with Crippen molar-refractivity contribution in [2.75, 3.05) is 40.5 Å². The average Bonchev–Trinajstić information content (AvgIpc) is 2.38. The molecular formula is C12H22N2O4. The summed E-state index contributed by atoms with van der Waals surface area (Å²) in [4.78, 5) is 26.6. The predicted octanol–water partition coefficient (Wildman–Crippen LogP) is 0.712. The zero-order valence-corrected chi connectivity index (χ0v) is 11.3. The van der Waals surface area contributed by atoms with Crippen molar-refractivity contribution in [3.63, 3.8) is 0 Å². The number of carbonyl (C=O) groups excluding carboxylic acids is 2. The number of hydrogen-bond acceptors (Lipinski definition) is 4. The summed E-state index contributed by atoms with van der Waals surface area (Å²) >= 11 is 0. The highest BCUT2D eigenvalue weighted by Gasteiger charge is 2.27. The number of piperidine rings is 1. The lowest BCUT2D eigenvalue weighted by Crippen LogP contribution is -2.48. The minimum Gasteiger partial charge on any atom is -0.450 e. The van der Waals surface area contributed by atoms with Crippen LogP contribution in [-0.4, -0.2) is 68.3 Å². The molecule has 0 atom stereocenters. The van der Waals surface area contributed by atoms with E-state index in [0.29, 0.717) is 19.7 Å². The lowest BCUT2D eigenvalue weighted by atomic mass is 10.0. The van der Waals surface area contributed by atoms with Crippen LogP contribution in [0.5, 0.6) is 0 Å². The second-order valence-electron chi connectivity index (χ2n) is 4.35. The van der Waals surface area contributed by atoms with Gasteiger partial charge in [-0.25, -0.2) is 4.79 Å².